The van der Waals surface area contributed by atoms with Crippen molar-refractivity contribution in [3.8, 4) is 22.4 Å². The fraction of sp³-hybridized carbons (Fsp3) is 0.0500. The molecule has 3 heteroatoms. The van der Waals surface area contributed by atoms with E-state index in [1.165, 1.54) is 11.1 Å². The second-order valence-corrected chi connectivity index (χ2v) is 5.76. The van der Waals surface area contributed by atoms with Gasteiger partial charge in [-0.15, -0.1) is 0 Å². The van der Waals surface area contributed by atoms with Crippen LogP contribution in [0.1, 0.15) is 5.56 Å². The summed E-state index contributed by atoms with van der Waals surface area (Å²) in [6.45, 7) is 2.03. The molecule has 4 rings (SSSR count). The number of imidazole rings is 1. The Hall–Kier alpha value is -3.07. The van der Waals surface area contributed by atoms with Gasteiger partial charge in [0.25, 0.3) is 0 Å². The predicted molar refractivity (Wildman–Crippen MR) is 95.2 cm³/mol. The van der Waals surface area contributed by atoms with Crippen LogP contribution in [-0.2, 0) is 0 Å². The van der Waals surface area contributed by atoms with E-state index >= 15 is 0 Å². The Labute approximate surface area is 135 Å². The first-order chi connectivity index (χ1) is 11.2. The van der Waals surface area contributed by atoms with Gasteiger partial charge in [-0.3, -0.25) is 0 Å². The zero-order valence-electron chi connectivity index (χ0n) is 12.9. The van der Waals surface area contributed by atoms with E-state index in [2.05, 4.69) is 48.5 Å². The maximum atomic E-state index is 5.91. The predicted octanol–water partition coefficient (Wildman–Crippen LogP) is 4.56. The van der Waals surface area contributed by atoms with E-state index in [0.29, 0.717) is 0 Å². The minimum absolute atomic E-state index is 0.748. The van der Waals surface area contributed by atoms with Crippen LogP contribution in [0.3, 0.4) is 0 Å². The van der Waals surface area contributed by atoms with Gasteiger partial charge in [-0.1, -0.05) is 54.6 Å². The summed E-state index contributed by atoms with van der Waals surface area (Å²) in [7, 11) is 0. The fourth-order valence-electron chi connectivity index (χ4n) is 2.90. The van der Waals surface area contributed by atoms with Gasteiger partial charge in [0.05, 0.1) is 5.69 Å². The van der Waals surface area contributed by atoms with Crippen molar-refractivity contribution in [2.24, 2.45) is 0 Å². The largest absolute Gasteiger partial charge is 0.398 e. The van der Waals surface area contributed by atoms with Gasteiger partial charge in [0.2, 0.25) is 0 Å². The number of anilines is 1. The molecule has 0 aliphatic rings. The van der Waals surface area contributed by atoms with Gasteiger partial charge in [-0.25, -0.2) is 4.98 Å². The summed E-state index contributed by atoms with van der Waals surface area (Å²) in [5.74, 6) is 0. The maximum Gasteiger partial charge on any atom is 0.140 e. The highest BCUT2D eigenvalue weighted by Gasteiger charge is 2.07. The summed E-state index contributed by atoms with van der Waals surface area (Å²) < 4.78 is 1.99. The molecule has 112 valence electrons. The normalized spacial score (nSPS) is 11.0. The number of fused-ring (bicyclic) bond motifs is 1. The van der Waals surface area contributed by atoms with Gasteiger partial charge in [0, 0.05) is 23.6 Å². The third kappa shape index (κ3) is 2.46. The quantitative estimate of drug-likeness (QED) is 0.589. The van der Waals surface area contributed by atoms with Crippen molar-refractivity contribution in [3.05, 3.63) is 78.6 Å². The Balaban J connectivity index is 1.75. The number of hydrogen-bond donors (Lipinski definition) is 1. The molecule has 0 amide bonds. The van der Waals surface area contributed by atoms with Crippen molar-refractivity contribution >= 4 is 11.3 Å². The lowest BCUT2D eigenvalue weighted by Crippen LogP contribution is -1.92. The van der Waals surface area contributed by atoms with E-state index in [1.807, 2.05) is 35.9 Å². The smallest absolute Gasteiger partial charge is 0.140 e. The highest BCUT2D eigenvalue weighted by molar-refractivity contribution is 5.70. The molecule has 0 aliphatic carbocycles. The van der Waals surface area contributed by atoms with Crippen molar-refractivity contribution < 1.29 is 0 Å². The maximum absolute atomic E-state index is 5.91. The van der Waals surface area contributed by atoms with E-state index in [9.17, 15) is 0 Å². The minimum Gasteiger partial charge on any atom is -0.398 e. The molecule has 4 aromatic rings. The number of nitrogens with zero attached hydrogens (tertiary/aromatic N) is 2. The SMILES string of the molecule is Cc1cc(N)cn2cc(-c3ccc(-c4ccccc4)cc3)nc12. The standard InChI is InChI=1S/C20H17N3/c1-14-11-18(21)12-23-13-19(22-20(14)23)17-9-7-16(8-10-17)15-5-3-2-4-6-15/h2-13H,21H2,1H3. The molecule has 0 unspecified atom stereocenters. The summed E-state index contributed by atoms with van der Waals surface area (Å²) in [6, 6.07) is 20.8. The first-order valence-corrected chi connectivity index (χ1v) is 7.61. The summed E-state index contributed by atoms with van der Waals surface area (Å²) in [4.78, 5) is 4.73. The number of aryl methyl sites for hydroxylation is 1. The van der Waals surface area contributed by atoms with Crippen LogP contribution in [0.25, 0.3) is 28.0 Å². The molecule has 0 spiro atoms. The Morgan fingerprint density at radius 1 is 0.826 bits per heavy atom. The summed E-state index contributed by atoms with van der Waals surface area (Å²) in [5, 5.41) is 0. The molecule has 23 heavy (non-hydrogen) atoms. The Bertz CT molecular complexity index is 967. The van der Waals surface area contributed by atoms with Crippen LogP contribution < -0.4 is 5.73 Å². The summed E-state index contributed by atoms with van der Waals surface area (Å²) in [6.07, 6.45) is 3.92. The topological polar surface area (TPSA) is 43.3 Å². The first kappa shape index (κ1) is 13.6. The van der Waals surface area contributed by atoms with Crippen molar-refractivity contribution in [2.45, 2.75) is 6.92 Å². The molecule has 0 saturated carbocycles. The highest BCUT2D eigenvalue weighted by atomic mass is 15.0. The molecule has 2 heterocycles. The van der Waals surface area contributed by atoms with E-state index in [4.69, 9.17) is 10.7 Å². The van der Waals surface area contributed by atoms with Crippen LogP contribution in [0.5, 0.6) is 0 Å². The van der Waals surface area contributed by atoms with Gasteiger partial charge in [-0.05, 0) is 29.7 Å². The van der Waals surface area contributed by atoms with Crippen molar-refractivity contribution in [2.75, 3.05) is 5.73 Å². The third-order valence-corrected chi connectivity index (χ3v) is 4.04. The molecule has 0 bridgehead atoms. The molecule has 2 aromatic carbocycles. The molecule has 0 atom stereocenters. The molecule has 0 radical (unpaired) electrons. The number of rotatable bonds is 2. The molecule has 2 N–H and O–H groups in total. The lowest BCUT2D eigenvalue weighted by molar-refractivity contribution is 1.17. The van der Waals surface area contributed by atoms with E-state index in [0.717, 1.165) is 28.2 Å². The van der Waals surface area contributed by atoms with Crippen molar-refractivity contribution in [3.63, 3.8) is 0 Å². The number of benzene rings is 2. The zero-order chi connectivity index (χ0) is 15.8. The van der Waals surface area contributed by atoms with Gasteiger partial charge >= 0.3 is 0 Å². The zero-order valence-corrected chi connectivity index (χ0v) is 12.9. The van der Waals surface area contributed by atoms with Crippen LogP contribution in [0, 0.1) is 6.92 Å². The van der Waals surface area contributed by atoms with Gasteiger partial charge in [0.15, 0.2) is 0 Å². The van der Waals surface area contributed by atoms with E-state index < -0.39 is 0 Å². The Morgan fingerprint density at radius 3 is 2.22 bits per heavy atom. The average Bonchev–Trinajstić information content (AvgIpc) is 3.00. The molecule has 2 aromatic heterocycles. The molecular weight excluding hydrogens is 282 g/mol. The molecule has 0 saturated heterocycles. The third-order valence-electron chi connectivity index (χ3n) is 4.04. The van der Waals surface area contributed by atoms with Crippen LogP contribution in [0.2, 0.25) is 0 Å². The van der Waals surface area contributed by atoms with Gasteiger partial charge in [-0.2, -0.15) is 0 Å². The summed E-state index contributed by atoms with van der Waals surface area (Å²) in [5.41, 5.74) is 13.2. The highest BCUT2D eigenvalue weighted by Crippen LogP contribution is 2.25. The molecule has 0 aliphatic heterocycles. The minimum atomic E-state index is 0.748. The molecule has 0 fully saturated rings. The lowest BCUT2D eigenvalue weighted by atomic mass is 10.0. The van der Waals surface area contributed by atoms with Crippen LogP contribution >= 0.6 is 0 Å². The fourth-order valence-corrected chi connectivity index (χ4v) is 2.90. The number of nitrogens with two attached hydrogens (primary N) is 1. The molecule has 3 nitrogen and oxygen atoms in total. The number of hydrogen-bond acceptors (Lipinski definition) is 2. The summed E-state index contributed by atoms with van der Waals surface area (Å²) >= 11 is 0. The number of nitrogen functional groups attached to an aromatic ring is 1. The van der Waals surface area contributed by atoms with Crippen molar-refractivity contribution in [1.29, 1.82) is 0 Å². The number of pyridine rings is 1. The van der Waals surface area contributed by atoms with E-state index in [-0.39, 0.29) is 0 Å². The van der Waals surface area contributed by atoms with Crippen LogP contribution in [-0.4, -0.2) is 9.38 Å². The molecular formula is C20H17N3. The van der Waals surface area contributed by atoms with Crippen molar-refractivity contribution in [1.82, 2.24) is 9.38 Å². The van der Waals surface area contributed by atoms with Gasteiger partial charge < -0.3 is 10.1 Å². The van der Waals surface area contributed by atoms with Crippen LogP contribution in [0.4, 0.5) is 5.69 Å². The second-order valence-electron chi connectivity index (χ2n) is 5.76. The second kappa shape index (κ2) is 5.29. The number of aromatic nitrogens is 2. The van der Waals surface area contributed by atoms with Crippen LogP contribution in [0.15, 0.2) is 73.1 Å². The van der Waals surface area contributed by atoms with E-state index in [1.54, 1.807) is 0 Å². The Kier molecular flexibility index (Phi) is 3.12. The Morgan fingerprint density at radius 2 is 1.48 bits per heavy atom. The lowest BCUT2D eigenvalue weighted by Gasteiger charge is -2.02. The first-order valence-electron chi connectivity index (χ1n) is 7.61. The van der Waals surface area contributed by atoms with Gasteiger partial charge in [0.1, 0.15) is 5.65 Å². The monoisotopic (exact) mass is 299 g/mol. The average molecular weight is 299 g/mol.